The van der Waals surface area contributed by atoms with Gasteiger partial charge in [0.1, 0.15) is 0 Å². The number of aryl methyl sites for hydroxylation is 2. The molecule has 0 radical (unpaired) electrons. The first-order valence-corrected chi connectivity index (χ1v) is 9.81. The Kier molecular flexibility index (Phi) is 4.00. The van der Waals surface area contributed by atoms with Crippen LogP contribution in [-0.4, -0.2) is 21.4 Å². The summed E-state index contributed by atoms with van der Waals surface area (Å²) in [6, 6.07) is 0. The van der Waals surface area contributed by atoms with Gasteiger partial charge in [-0.1, -0.05) is 0 Å². The maximum absolute atomic E-state index is 13.0. The van der Waals surface area contributed by atoms with Gasteiger partial charge >= 0.3 is 0 Å². The molecular weight excluding hydrogens is 312 g/mol. The second-order valence-electron chi connectivity index (χ2n) is 8.70. The zero-order valence-electron chi connectivity index (χ0n) is 15.9. The van der Waals surface area contributed by atoms with Crippen LogP contribution in [0.5, 0.6) is 0 Å². The lowest BCUT2D eigenvalue weighted by Gasteiger charge is -2.55. The Morgan fingerprint density at radius 2 is 1.76 bits per heavy atom. The lowest BCUT2D eigenvalue weighted by Crippen LogP contribution is -2.52. The van der Waals surface area contributed by atoms with E-state index in [4.69, 9.17) is 0 Å². The number of hydrogen-bond acceptors (Lipinski definition) is 3. The van der Waals surface area contributed by atoms with Gasteiger partial charge in [-0.25, -0.2) is 5.43 Å². The molecule has 0 atom stereocenters. The third-order valence-corrected chi connectivity index (χ3v) is 6.89. The maximum atomic E-state index is 13.0. The summed E-state index contributed by atoms with van der Waals surface area (Å²) in [6.07, 6.45) is 7.28. The number of nitrogens with zero attached hydrogens (tertiary/aromatic N) is 3. The number of carbonyl (C=O) groups excluding carboxylic acids is 1. The van der Waals surface area contributed by atoms with Crippen molar-refractivity contribution >= 4 is 11.6 Å². The van der Waals surface area contributed by atoms with E-state index in [0.29, 0.717) is 0 Å². The molecule has 136 valence electrons. The van der Waals surface area contributed by atoms with E-state index in [1.54, 1.807) is 0 Å². The van der Waals surface area contributed by atoms with Crippen LogP contribution in [0, 0.1) is 37.0 Å². The van der Waals surface area contributed by atoms with Gasteiger partial charge in [-0.2, -0.15) is 10.2 Å². The minimum atomic E-state index is -0.143. The highest BCUT2D eigenvalue weighted by atomic mass is 16.2. The first-order valence-electron chi connectivity index (χ1n) is 9.81. The van der Waals surface area contributed by atoms with E-state index < -0.39 is 0 Å². The Balaban J connectivity index is 1.52. The highest BCUT2D eigenvalue weighted by Crippen LogP contribution is 2.60. The average Bonchev–Trinajstić information content (AvgIpc) is 2.85. The Hall–Kier alpha value is -1.65. The second kappa shape index (κ2) is 5.96. The Bertz CT molecular complexity index is 695. The van der Waals surface area contributed by atoms with Crippen molar-refractivity contribution in [1.82, 2.24) is 15.2 Å². The van der Waals surface area contributed by atoms with Crippen LogP contribution in [0.1, 0.15) is 69.3 Å². The number of nitrogens with one attached hydrogen (secondary N) is 1. The lowest BCUT2D eigenvalue weighted by atomic mass is 9.49. The number of amides is 1. The SMILES string of the molecule is CCn1nc(C)c(/C(C)=N/NC(=O)C23CC4CC(CC(C4)C2)C3)c1C. The maximum Gasteiger partial charge on any atom is 0.246 e. The van der Waals surface area contributed by atoms with Crippen LogP contribution >= 0.6 is 0 Å². The standard InChI is InChI=1S/C20H30N4O/c1-5-24-14(4)18(13(3)23-24)12(2)21-22-19(25)20-9-15-6-16(10-20)8-17(7-15)11-20/h15-17H,5-11H2,1-4H3,(H,22,25)/b21-12+. The normalized spacial score (nSPS) is 33.8. The minimum Gasteiger partial charge on any atom is -0.273 e. The van der Waals surface area contributed by atoms with Crippen LogP contribution in [-0.2, 0) is 11.3 Å². The van der Waals surface area contributed by atoms with Crippen LogP contribution in [0.15, 0.2) is 5.10 Å². The molecule has 5 heteroatoms. The molecule has 4 fully saturated rings. The smallest absolute Gasteiger partial charge is 0.246 e. The van der Waals surface area contributed by atoms with Crippen LogP contribution in [0.4, 0.5) is 0 Å². The average molecular weight is 342 g/mol. The van der Waals surface area contributed by atoms with E-state index in [9.17, 15) is 4.79 Å². The van der Waals surface area contributed by atoms with Crippen molar-refractivity contribution in [3.63, 3.8) is 0 Å². The van der Waals surface area contributed by atoms with Gasteiger partial charge in [0.25, 0.3) is 0 Å². The van der Waals surface area contributed by atoms with Crippen molar-refractivity contribution in [2.24, 2.45) is 28.3 Å². The fourth-order valence-electron chi connectivity index (χ4n) is 6.23. The fourth-order valence-corrected chi connectivity index (χ4v) is 6.23. The van der Waals surface area contributed by atoms with Gasteiger partial charge in [0.15, 0.2) is 0 Å². The molecule has 4 bridgehead atoms. The molecule has 1 heterocycles. The predicted octanol–water partition coefficient (Wildman–Crippen LogP) is 3.58. The first kappa shape index (κ1) is 16.8. The summed E-state index contributed by atoms with van der Waals surface area (Å²) in [5.41, 5.74) is 6.80. The van der Waals surface area contributed by atoms with Crippen molar-refractivity contribution in [2.45, 2.75) is 72.8 Å². The minimum absolute atomic E-state index is 0.143. The van der Waals surface area contributed by atoms with Crippen LogP contribution < -0.4 is 5.43 Å². The summed E-state index contributed by atoms with van der Waals surface area (Å²) in [5, 5.41) is 9.04. The molecule has 0 aliphatic heterocycles. The van der Waals surface area contributed by atoms with Crippen molar-refractivity contribution in [3.05, 3.63) is 17.0 Å². The van der Waals surface area contributed by atoms with Gasteiger partial charge in [0.05, 0.1) is 16.8 Å². The fraction of sp³-hybridized carbons (Fsp3) is 0.750. The second-order valence-corrected chi connectivity index (χ2v) is 8.70. The zero-order valence-corrected chi connectivity index (χ0v) is 15.9. The molecule has 0 spiro atoms. The number of hydrogen-bond donors (Lipinski definition) is 1. The van der Waals surface area contributed by atoms with Crippen molar-refractivity contribution in [2.75, 3.05) is 0 Å². The van der Waals surface area contributed by atoms with Gasteiger partial charge in [0, 0.05) is 17.8 Å². The molecule has 1 N–H and O–H groups in total. The molecule has 1 aromatic heterocycles. The van der Waals surface area contributed by atoms with E-state index in [0.717, 1.165) is 66.2 Å². The summed E-state index contributed by atoms with van der Waals surface area (Å²) in [5.74, 6) is 2.47. The van der Waals surface area contributed by atoms with Crippen LogP contribution in [0.3, 0.4) is 0 Å². The summed E-state index contributed by atoms with van der Waals surface area (Å²) in [7, 11) is 0. The van der Waals surface area contributed by atoms with Crippen molar-refractivity contribution in [1.29, 1.82) is 0 Å². The van der Waals surface area contributed by atoms with E-state index >= 15 is 0 Å². The van der Waals surface area contributed by atoms with E-state index in [1.165, 1.54) is 19.3 Å². The Morgan fingerprint density at radius 1 is 1.20 bits per heavy atom. The molecule has 5 nitrogen and oxygen atoms in total. The molecule has 1 amide bonds. The van der Waals surface area contributed by atoms with Gasteiger partial charge in [0.2, 0.25) is 5.91 Å². The Labute approximate surface area is 150 Å². The topological polar surface area (TPSA) is 59.3 Å². The molecule has 0 unspecified atom stereocenters. The monoisotopic (exact) mass is 342 g/mol. The number of carbonyl (C=O) groups is 1. The lowest BCUT2D eigenvalue weighted by molar-refractivity contribution is -0.146. The van der Waals surface area contributed by atoms with Crippen molar-refractivity contribution < 1.29 is 4.79 Å². The van der Waals surface area contributed by atoms with Crippen molar-refractivity contribution in [3.8, 4) is 0 Å². The third-order valence-electron chi connectivity index (χ3n) is 6.89. The van der Waals surface area contributed by atoms with E-state index in [1.807, 2.05) is 18.5 Å². The summed E-state index contributed by atoms with van der Waals surface area (Å²) in [4.78, 5) is 13.0. The Morgan fingerprint density at radius 3 is 2.24 bits per heavy atom. The highest BCUT2D eigenvalue weighted by molar-refractivity contribution is 6.01. The number of rotatable bonds is 4. The summed E-state index contributed by atoms with van der Waals surface area (Å²) < 4.78 is 1.99. The summed E-state index contributed by atoms with van der Waals surface area (Å²) >= 11 is 0. The molecule has 1 aromatic rings. The molecule has 4 aliphatic carbocycles. The molecular formula is C20H30N4O. The van der Waals surface area contributed by atoms with Gasteiger partial charge < -0.3 is 0 Å². The van der Waals surface area contributed by atoms with Crippen LogP contribution in [0.2, 0.25) is 0 Å². The third kappa shape index (κ3) is 2.72. The molecule has 4 saturated carbocycles. The molecule has 5 rings (SSSR count). The van der Waals surface area contributed by atoms with Crippen LogP contribution in [0.25, 0.3) is 0 Å². The van der Waals surface area contributed by atoms with Gasteiger partial charge in [-0.15, -0.1) is 0 Å². The largest absolute Gasteiger partial charge is 0.273 e. The van der Waals surface area contributed by atoms with Gasteiger partial charge in [-0.05, 0) is 84.0 Å². The predicted molar refractivity (Wildman–Crippen MR) is 98.3 cm³/mol. The van der Waals surface area contributed by atoms with E-state index in [2.05, 4.69) is 29.5 Å². The molecule has 4 aliphatic rings. The highest BCUT2D eigenvalue weighted by Gasteiger charge is 2.54. The number of hydrazone groups is 1. The molecule has 0 saturated heterocycles. The molecule has 25 heavy (non-hydrogen) atoms. The number of aromatic nitrogens is 2. The van der Waals surface area contributed by atoms with E-state index in [-0.39, 0.29) is 11.3 Å². The molecule has 0 aromatic carbocycles. The van der Waals surface area contributed by atoms with Gasteiger partial charge in [-0.3, -0.25) is 9.48 Å². The summed E-state index contributed by atoms with van der Waals surface area (Å²) in [6.45, 7) is 8.98. The first-order chi connectivity index (χ1) is 11.9. The zero-order chi connectivity index (χ0) is 17.8. The quantitative estimate of drug-likeness (QED) is 0.671.